The molecule has 0 spiro atoms. The molecule has 1 aliphatic heterocycles. The van der Waals surface area contributed by atoms with Crippen molar-refractivity contribution >= 4 is 35.0 Å². The van der Waals surface area contributed by atoms with E-state index in [9.17, 15) is 24.3 Å². The Balaban J connectivity index is 1.17. The van der Waals surface area contributed by atoms with E-state index in [0.717, 1.165) is 27.3 Å². The highest BCUT2D eigenvalue weighted by atomic mass is 32.1. The number of aryl methyl sites for hydroxylation is 1. The van der Waals surface area contributed by atoms with Gasteiger partial charge >= 0.3 is 5.97 Å². The van der Waals surface area contributed by atoms with Crippen LogP contribution in [-0.4, -0.2) is 96.4 Å². The Kier molecular flexibility index (Phi) is 14.5. The minimum Gasteiger partial charge on any atom is -0.463 e. The minimum atomic E-state index is -0.925. The number of carbonyl (C=O) groups excluding carboxylic acids is 4. The van der Waals surface area contributed by atoms with Gasteiger partial charge in [-0.15, -0.1) is 11.3 Å². The molecule has 50 heavy (non-hydrogen) atoms. The van der Waals surface area contributed by atoms with Gasteiger partial charge in [-0.25, -0.2) is 4.98 Å². The van der Waals surface area contributed by atoms with Crippen LogP contribution in [0.5, 0.6) is 0 Å². The summed E-state index contributed by atoms with van der Waals surface area (Å²) in [6.45, 7) is 8.71. The van der Waals surface area contributed by atoms with Gasteiger partial charge in [-0.1, -0.05) is 75.4 Å². The second kappa shape index (κ2) is 18.7. The molecule has 2 heterocycles. The van der Waals surface area contributed by atoms with Crippen LogP contribution in [-0.2, 0) is 46.4 Å². The maximum Gasteiger partial charge on any atom is 0.310 e. The number of nitrogens with zero attached hydrogens (tertiary/aromatic N) is 2. The van der Waals surface area contributed by atoms with Gasteiger partial charge in [0.25, 0.3) is 0 Å². The first kappa shape index (κ1) is 38.6. The van der Waals surface area contributed by atoms with Gasteiger partial charge in [-0.3, -0.25) is 19.2 Å². The molecule has 3 aromatic rings. The Hall–Kier alpha value is -4.17. The molecule has 13 heteroatoms. The SMILES string of the molecule is Cc1ncsc1-c1ccc(CNC(=O)[C@@H]2C[C@@H](O)CN2C(=O)[C@@H](NC(=O)CCOCCOCCOC(=O)Cc2ccccc2)C(C)(C)C)cc1. The topological polar surface area (TPSA) is 156 Å². The summed E-state index contributed by atoms with van der Waals surface area (Å²) in [4.78, 5) is 58.6. The number of aromatic nitrogens is 1. The van der Waals surface area contributed by atoms with Crippen LogP contribution in [0.25, 0.3) is 10.4 Å². The number of esters is 1. The number of benzene rings is 2. The Bertz CT molecular complexity index is 1560. The Morgan fingerprint density at radius 3 is 2.30 bits per heavy atom. The van der Waals surface area contributed by atoms with Gasteiger partial charge < -0.3 is 34.9 Å². The van der Waals surface area contributed by atoms with E-state index >= 15 is 0 Å². The lowest BCUT2D eigenvalue weighted by Crippen LogP contribution is -2.57. The molecule has 2 aromatic carbocycles. The maximum absolute atomic E-state index is 13.8. The van der Waals surface area contributed by atoms with E-state index in [0.29, 0.717) is 0 Å². The molecule has 0 aliphatic carbocycles. The molecule has 3 atom stereocenters. The lowest BCUT2D eigenvalue weighted by Gasteiger charge is -2.35. The smallest absolute Gasteiger partial charge is 0.310 e. The summed E-state index contributed by atoms with van der Waals surface area (Å²) in [5.74, 6) is -1.49. The Labute approximate surface area is 297 Å². The Morgan fingerprint density at radius 1 is 0.960 bits per heavy atom. The summed E-state index contributed by atoms with van der Waals surface area (Å²) in [5, 5.41) is 16.2. The van der Waals surface area contributed by atoms with Crippen molar-refractivity contribution in [3.8, 4) is 10.4 Å². The molecule has 12 nitrogen and oxygen atoms in total. The van der Waals surface area contributed by atoms with E-state index in [4.69, 9.17) is 14.2 Å². The van der Waals surface area contributed by atoms with Crippen LogP contribution < -0.4 is 10.6 Å². The van der Waals surface area contributed by atoms with Crippen molar-refractivity contribution in [3.05, 3.63) is 76.9 Å². The van der Waals surface area contributed by atoms with Crippen molar-refractivity contribution in [2.24, 2.45) is 5.41 Å². The number of nitrogens with one attached hydrogen (secondary N) is 2. The van der Waals surface area contributed by atoms with Crippen molar-refractivity contribution < 1.29 is 38.5 Å². The normalized spacial score (nSPS) is 16.5. The fourth-order valence-electron chi connectivity index (χ4n) is 5.53. The molecule has 1 aliphatic rings. The van der Waals surface area contributed by atoms with Crippen LogP contribution in [0.1, 0.15) is 50.4 Å². The Morgan fingerprint density at radius 2 is 1.64 bits per heavy atom. The highest BCUT2D eigenvalue weighted by Gasteiger charge is 2.44. The average Bonchev–Trinajstić information content (AvgIpc) is 3.70. The predicted molar refractivity (Wildman–Crippen MR) is 189 cm³/mol. The van der Waals surface area contributed by atoms with E-state index in [-0.39, 0.29) is 83.2 Å². The van der Waals surface area contributed by atoms with Gasteiger partial charge in [0.15, 0.2) is 0 Å². The summed E-state index contributed by atoms with van der Waals surface area (Å²) >= 11 is 1.57. The summed E-state index contributed by atoms with van der Waals surface area (Å²) in [5.41, 5.74) is 4.94. The van der Waals surface area contributed by atoms with Gasteiger partial charge in [-0.05, 0) is 29.0 Å². The third-order valence-corrected chi connectivity index (χ3v) is 9.22. The van der Waals surface area contributed by atoms with E-state index in [2.05, 4.69) is 15.6 Å². The molecule has 0 saturated carbocycles. The van der Waals surface area contributed by atoms with Gasteiger partial charge in [0.05, 0.1) is 55.0 Å². The van der Waals surface area contributed by atoms with Crippen LogP contribution in [0.4, 0.5) is 0 Å². The first-order valence-corrected chi connectivity index (χ1v) is 17.7. The van der Waals surface area contributed by atoms with E-state index in [1.54, 1.807) is 11.3 Å². The van der Waals surface area contributed by atoms with E-state index in [1.807, 2.05) is 87.8 Å². The highest BCUT2D eigenvalue weighted by Crippen LogP contribution is 2.28. The van der Waals surface area contributed by atoms with Gasteiger partial charge in [-0.2, -0.15) is 0 Å². The van der Waals surface area contributed by atoms with Crippen LogP contribution in [0, 0.1) is 12.3 Å². The van der Waals surface area contributed by atoms with Crippen LogP contribution in [0.2, 0.25) is 0 Å². The zero-order valence-electron chi connectivity index (χ0n) is 29.2. The van der Waals surface area contributed by atoms with Crippen molar-refractivity contribution in [1.29, 1.82) is 0 Å². The molecule has 3 amide bonds. The molecule has 270 valence electrons. The minimum absolute atomic E-state index is 0.00238. The number of carbonyl (C=O) groups is 4. The lowest BCUT2D eigenvalue weighted by molar-refractivity contribution is -0.144. The number of hydrogen-bond acceptors (Lipinski definition) is 10. The monoisotopic (exact) mass is 708 g/mol. The second-order valence-electron chi connectivity index (χ2n) is 13.3. The van der Waals surface area contributed by atoms with Crippen LogP contribution >= 0.6 is 11.3 Å². The van der Waals surface area contributed by atoms with E-state index < -0.39 is 29.5 Å². The molecule has 3 N–H and O–H groups in total. The summed E-state index contributed by atoms with van der Waals surface area (Å²) < 4.78 is 16.1. The molecular formula is C37H48N4O8S. The summed E-state index contributed by atoms with van der Waals surface area (Å²) in [6.07, 6.45) is -0.526. The fraction of sp³-hybridized carbons (Fsp3) is 0.486. The number of β-amino-alcohol motifs (C(OH)–C–C–N with tert-alkyl or cyclic N) is 1. The van der Waals surface area contributed by atoms with Gasteiger partial charge in [0, 0.05) is 25.9 Å². The number of likely N-dealkylation sites (tertiary alicyclic amines) is 1. The standard InChI is InChI=1S/C37H48N4O8S/c1-25-33(50-24-39-25)28-12-10-27(11-13-28)22-38-35(45)30-21-29(42)23-41(30)36(46)34(37(2,3)4)40-31(43)14-15-47-16-17-48-18-19-49-32(44)20-26-8-6-5-7-9-26/h5-13,24,29-30,34,42H,14-23H2,1-4H3,(H,38,45)(H,40,43)/t29-,30+,34-/m1/s1. The second-order valence-corrected chi connectivity index (χ2v) is 14.2. The largest absolute Gasteiger partial charge is 0.463 e. The zero-order valence-corrected chi connectivity index (χ0v) is 30.0. The number of thiazole rings is 1. The molecular weight excluding hydrogens is 660 g/mol. The molecule has 0 radical (unpaired) electrons. The number of hydrogen-bond donors (Lipinski definition) is 3. The van der Waals surface area contributed by atoms with Crippen LogP contribution in [0.15, 0.2) is 60.1 Å². The summed E-state index contributed by atoms with van der Waals surface area (Å²) in [6, 6.07) is 15.4. The number of aliphatic hydroxyl groups is 1. The lowest BCUT2D eigenvalue weighted by atomic mass is 9.85. The van der Waals surface area contributed by atoms with Crippen molar-refractivity contribution in [2.45, 2.75) is 71.7 Å². The van der Waals surface area contributed by atoms with E-state index in [1.165, 1.54) is 4.90 Å². The first-order chi connectivity index (χ1) is 23.9. The maximum atomic E-state index is 13.8. The molecule has 0 unspecified atom stereocenters. The summed E-state index contributed by atoms with van der Waals surface area (Å²) in [7, 11) is 0. The van der Waals surface area contributed by atoms with Gasteiger partial charge in [0.1, 0.15) is 18.7 Å². The quantitative estimate of drug-likeness (QED) is 0.141. The average molecular weight is 709 g/mol. The zero-order chi connectivity index (χ0) is 36.1. The predicted octanol–water partition coefficient (Wildman–Crippen LogP) is 3.44. The number of rotatable bonds is 17. The third kappa shape index (κ3) is 11.7. The molecule has 0 bridgehead atoms. The molecule has 4 rings (SSSR count). The third-order valence-electron chi connectivity index (χ3n) is 8.24. The molecule has 1 saturated heterocycles. The van der Waals surface area contributed by atoms with Crippen molar-refractivity contribution in [3.63, 3.8) is 0 Å². The number of aliphatic hydroxyl groups excluding tert-OH is 1. The van der Waals surface area contributed by atoms with Crippen molar-refractivity contribution in [1.82, 2.24) is 20.5 Å². The fourth-order valence-corrected chi connectivity index (χ4v) is 6.34. The molecule has 1 aromatic heterocycles. The highest BCUT2D eigenvalue weighted by molar-refractivity contribution is 7.13. The molecule has 1 fully saturated rings. The van der Waals surface area contributed by atoms with Crippen molar-refractivity contribution in [2.75, 3.05) is 39.6 Å². The number of ether oxygens (including phenoxy) is 3. The van der Waals surface area contributed by atoms with Gasteiger partial charge in [0.2, 0.25) is 17.7 Å². The van der Waals surface area contributed by atoms with Crippen LogP contribution in [0.3, 0.4) is 0 Å². The first-order valence-electron chi connectivity index (χ1n) is 16.8. The number of amides is 3.